The molecule has 12 nitrogen and oxygen atoms in total. The van der Waals surface area contributed by atoms with Crippen molar-refractivity contribution < 1.29 is 33.0 Å². The Hall–Kier alpha value is -3.94. The summed E-state index contributed by atoms with van der Waals surface area (Å²) < 4.78 is 21.1. The van der Waals surface area contributed by atoms with E-state index in [2.05, 4.69) is 15.2 Å². The van der Waals surface area contributed by atoms with Gasteiger partial charge in [-0.05, 0) is 29.8 Å². The number of nitrogens with zero attached hydrogens (tertiary/aromatic N) is 4. The first-order chi connectivity index (χ1) is 19.5. The van der Waals surface area contributed by atoms with Crippen LogP contribution in [0.15, 0.2) is 46.4 Å². The van der Waals surface area contributed by atoms with Crippen molar-refractivity contribution in [1.82, 2.24) is 19.7 Å². The number of thiazole rings is 1. The lowest BCUT2D eigenvalue weighted by atomic mass is 10.1. The molecule has 3 amide bonds. The number of amides is 3. The Kier molecular flexibility index (Phi) is 8.94. The van der Waals surface area contributed by atoms with E-state index in [-0.39, 0.29) is 44.6 Å². The van der Waals surface area contributed by atoms with Crippen molar-refractivity contribution in [2.75, 3.05) is 65.1 Å². The highest BCUT2D eigenvalue weighted by molar-refractivity contribution is 7.13. The number of rotatable bonds is 11. The summed E-state index contributed by atoms with van der Waals surface area (Å²) in [6.45, 7) is 4.17. The summed E-state index contributed by atoms with van der Waals surface area (Å²) in [4.78, 5) is 48.1. The number of fused-ring (bicyclic) bond motifs is 1. The maximum absolute atomic E-state index is 12.9. The van der Waals surface area contributed by atoms with Crippen molar-refractivity contribution in [2.24, 2.45) is 0 Å². The molecule has 3 aromatic rings. The van der Waals surface area contributed by atoms with Gasteiger partial charge in [0, 0.05) is 51.8 Å². The molecular weight excluding hydrogens is 538 g/mol. The molecule has 2 aliphatic heterocycles. The molecule has 1 N–H and O–H groups in total. The third-order valence-electron chi connectivity index (χ3n) is 6.62. The van der Waals surface area contributed by atoms with E-state index in [0.29, 0.717) is 23.9 Å². The number of methoxy groups -OCH3 is 1. The van der Waals surface area contributed by atoms with Gasteiger partial charge in [0.25, 0.3) is 5.91 Å². The van der Waals surface area contributed by atoms with Crippen molar-refractivity contribution in [3.63, 3.8) is 0 Å². The van der Waals surface area contributed by atoms with E-state index in [0.717, 1.165) is 36.7 Å². The number of benzene rings is 1. The monoisotopic (exact) mass is 569 g/mol. The molecule has 2 aliphatic rings. The Morgan fingerprint density at radius 2 is 1.95 bits per heavy atom. The number of aromatic nitrogens is 1. The van der Waals surface area contributed by atoms with Gasteiger partial charge in [-0.15, -0.1) is 11.3 Å². The molecule has 212 valence electrons. The number of hydrogen-bond acceptors (Lipinski definition) is 10. The van der Waals surface area contributed by atoms with E-state index >= 15 is 0 Å². The number of piperazine rings is 1. The number of carbonyl (C=O) groups excluding carboxylic acids is 3. The topological polar surface area (TPSA) is 127 Å². The minimum Gasteiger partial charge on any atom is -0.459 e. The van der Waals surface area contributed by atoms with Crippen molar-refractivity contribution in [2.45, 2.75) is 13.0 Å². The fourth-order valence-corrected chi connectivity index (χ4v) is 5.23. The van der Waals surface area contributed by atoms with Gasteiger partial charge >= 0.3 is 0 Å². The van der Waals surface area contributed by atoms with Gasteiger partial charge in [-0.25, -0.2) is 4.98 Å². The van der Waals surface area contributed by atoms with Crippen LogP contribution < -0.4 is 14.8 Å². The van der Waals surface area contributed by atoms with Crippen LogP contribution in [0.25, 0.3) is 0 Å². The molecule has 0 radical (unpaired) electrons. The fraction of sp³-hybridized carbons (Fsp3) is 0.407. The summed E-state index contributed by atoms with van der Waals surface area (Å²) in [6.07, 6.45) is 1.56. The van der Waals surface area contributed by atoms with Gasteiger partial charge in [0.15, 0.2) is 22.4 Å². The summed E-state index contributed by atoms with van der Waals surface area (Å²) in [5.74, 6) is 0.887. The Bertz CT molecular complexity index is 1320. The third kappa shape index (κ3) is 6.97. The second-order valence-corrected chi connectivity index (χ2v) is 10.3. The third-order valence-corrected chi connectivity index (χ3v) is 7.42. The van der Waals surface area contributed by atoms with E-state index in [1.807, 2.05) is 23.1 Å². The van der Waals surface area contributed by atoms with Crippen molar-refractivity contribution in [1.29, 1.82) is 0 Å². The van der Waals surface area contributed by atoms with Gasteiger partial charge in [0.05, 0.1) is 25.0 Å². The van der Waals surface area contributed by atoms with Crippen LogP contribution in [0.1, 0.15) is 21.8 Å². The number of ether oxygens (including phenoxy) is 3. The van der Waals surface area contributed by atoms with Crippen LogP contribution in [0.2, 0.25) is 0 Å². The molecule has 0 bridgehead atoms. The lowest BCUT2D eigenvalue weighted by Crippen LogP contribution is -2.48. The minimum atomic E-state index is -0.404. The van der Waals surface area contributed by atoms with E-state index in [1.165, 1.54) is 29.6 Å². The molecule has 0 unspecified atom stereocenters. The largest absolute Gasteiger partial charge is 0.459 e. The average molecular weight is 570 g/mol. The highest BCUT2D eigenvalue weighted by Crippen LogP contribution is 2.32. The van der Waals surface area contributed by atoms with Crippen LogP contribution in [0.3, 0.4) is 0 Å². The first-order valence-electron chi connectivity index (χ1n) is 12.9. The quantitative estimate of drug-likeness (QED) is 0.369. The van der Waals surface area contributed by atoms with Crippen LogP contribution in [-0.4, -0.2) is 97.2 Å². The lowest BCUT2D eigenvalue weighted by molar-refractivity contribution is -0.132. The molecule has 1 saturated heterocycles. The molecule has 2 aromatic heterocycles. The molecule has 13 heteroatoms. The standard InChI is InChI=1S/C27H31N5O7S/c1-36-12-10-32(26(35)22-3-2-11-37-22)16-24(33)29-27-28-20(17-40-27)14-25(34)31-8-6-30(7-9-31)15-19-4-5-21-23(13-19)39-18-38-21/h2-5,11,13,17H,6-10,12,14-16,18H2,1H3,(H,28,29,33). The normalized spacial score (nSPS) is 14.8. The Labute approximate surface area is 235 Å². The van der Waals surface area contributed by atoms with Gasteiger partial charge in [-0.2, -0.15) is 0 Å². The van der Waals surface area contributed by atoms with Crippen LogP contribution in [-0.2, 0) is 27.3 Å². The highest BCUT2D eigenvalue weighted by atomic mass is 32.1. The summed E-state index contributed by atoms with van der Waals surface area (Å²) >= 11 is 1.24. The van der Waals surface area contributed by atoms with Crippen molar-refractivity contribution in [3.05, 3.63) is 59.0 Å². The smallest absolute Gasteiger partial charge is 0.290 e. The van der Waals surface area contributed by atoms with Crippen molar-refractivity contribution >= 4 is 34.2 Å². The molecular formula is C27H31N5O7S. The lowest BCUT2D eigenvalue weighted by Gasteiger charge is -2.34. The van der Waals surface area contributed by atoms with E-state index in [4.69, 9.17) is 18.6 Å². The minimum absolute atomic E-state index is 0.000640. The van der Waals surface area contributed by atoms with Gasteiger partial charge in [-0.1, -0.05) is 6.07 Å². The van der Waals surface area contributed by atoms with Gasteiger partial charge in [-0.3, -0.25) is 19.3 Å². The maximum atomic E-state index is 12.9. The zero-order chi connectivity index (χ0) is 27.9. The summed E-state index contributed by atoms with van der Waals surface area (Å²) in [5, 5.41) is 4.86. The molecule has 4 heterocycles. The van der Waals surface area contributed by atoms with E-state index in [1.54, 1.807) is 17.5 Å². The SMILES string of the molecule is COCCN(CC(=O)Nc1nc(CC(=O)N2CCN(Cc3ccc4c(c3)OCO4)CC2)cs1)C(=O)c1ccco1. The summed E-state index contributed by atoms with van der Waals surface area (Å²) in [6, 6.07) is 9.13. The maximum Gasteiger partial charge on any atom is 0.290 e. The molecule has 1 aromatic carbocycles. The highest BCUT2D eigenvalue weighted by Gasteiger charge is 2.24. The van der Waals surface area contributed by atoms with Crippen LogP contribution >= 0.6 is 11.3 Å². The number of carbonyl (C=O) groups is 3. The summed E-state index contributed by atoms with van der Waals surface area (Å²) in [5.41, 5.74) is 1.74. The van der Waals surface area contributed by atoms with Crippen LogP contribution in [0, 0.1) is 0 Å². The predicted octanol–water partition coefficient (Wildman–Crippen LogP) is 2.08. The number of nitrogens with one attached hydrogen (secondary N) is 1. The molecule has 5 rings (SSSR count). The second-order valence-electron chi connectivity index (χ2n) is 9.41. The predicted molar refractivity (Wildman–Crippen MR) is 145 cm³/mol. The van der Waals surface area contributed by atoms with Crippen LogP contribution in [0.5, 0.6) is 11.5 Å². The van der Waals surface area contributed by atoms with Crippen molar-refractivity contribution in [3.8, 4) is 11.5 Å². The Morgan fingerprint density at radius 1 is 1.12 bits per heavy atom. The van der Waals surface area contributed by atoms with Gasteiger partial charge in [0.2, 0.25) is 18.6 Å². The first kappa shape index (κ1) is 27.6. The van der Waals surface area contributed by atoms with Gasteiger partial charge in [0.1, 0.15) is 6.54 Å². The first-order valence-corrected chi connectivity index (χ1v) is 13.8. The Morgan fingerprint density at radius 3 is 2.73 bits per heavy atom. The number of furan rings is 1. The number of hydrogen-bond donors (Lipinski definition) is 1. The van der Waals surface area contributed by atoms with E-state index < -0.39 is 11.8 Å². The zero-order valence-electron chi connectivity index (χ0n) is 22.2. The van der Waals surface area contributed by atoms with E-state index in [9.17, 15) is 14.4 Å². The summed E-state index contributed by atoms with van der Waals surface area (Å²) in [7, 11) is 1.52. The Balaban J connectivity index is 1.07. The molecule has 0 spiro atoms. The molecule has 1 fully saturated rings. The van der Waals surface area contributed by atoms with Crippen LogP contribution in [0.4, 0.5) is 5.13 Å². The molecule has 40 heavy (non-hydrogen) atoms. The molecule has 0 atom stereocenters. The zero-order valence-corrected chi connectivity index (χ0v) is 23.0. The van der Waals surface area contributed by atoms with Gasteiger partial charge < -0.3 is 33.7 Å². The second kappa shape index (κ2) is 12.9. The fourth-order valence-electron chi connectivity index (χ4n) is 4.51. The average Bonchev–Trinajstić information content (AvgIpc) is 3.73. The molecule has 0 saturated carbocycles. The number of anilines is 1. The molecule has 0 aliphatic carbocycles.